The molecule has 0 aliphatic carbocycles. The van der Waals surface area contributed by atoms with Crippen molar-refractivity contribution in [1.29, 1.82) is 0 Å². The van der Waals surface area contributed by atoms with E-state index in [0.717, 1.165) is 25.0 Å². The van der Waals surface area contributed by atoms with Crippen LogP contribution in [0.25, 0.3) is 0 Å². The summed E-state index contributed by atoms with van der Waals surface area (Å²) in [5.74, 6) is 0.655. The molecule has 1 atom stereocenters. The predicted octanol–water partition coefficient (Wildman–Crippen LogP) is 2.53. The van der Waals surface area contributed by atoms with Crippen LogP contribution in [0.3, 0.4) is 0 Å². The lowest BCUT2D eigenvalue weighted by molar-refractivity contribution is 0.00747. The quantitative estimate of drug-likeness (QED) is 0.858. The summed E-state index contributed by atoms with van der Waals surface area (Å²) in [4.78, 5) is 0.333. The second-order valence-corrected chi connectivity index (χ2v) is 4.81. The minimum Gasteiger partial charge on any atom is -0.486 e. The molecular formula is C12H14ClNO2S. The average Bonchev–Trinajstić information content (AvgIpc) is 2.33. The Morgan fingerprint density at radius 3 is 2.94 bits per heavy atom. The summed E-state index contributed by atoms with van der Waals surface area (Å²) in [6.45, 7) is 1.43. The molecular weight excluding hydrogens is 258 g/mol. The van der Waals surface area contributed by atoms with Crippen LogP contribution in [0, 0.1) is 0 Å². The zero-order valence-corrected chi connectivity index (χ0v) is 10.9. The number of halogens is 1. The molecule has 1 saturated heterocycles. The largest absolute Gasteiger partial charge is 0.486 e. The van der Waals surface area contributed by atoms with Gasteiger partial charge in [0.25, 0.3) is 0 Å². The Bertz CT molecular complexity index is 419. The van der Waals surface area contributed by atoms with Crippen molar-refractivity contribution < 1.29 is 9.47 Å². The van der Waals surface area contributed by atoms with Gasteiger partial charge in [-0.1, -0.05) is 23.8 Å². The maximum Gasteiger partial charge on any atom is 0.138 e. The van der Waals surface area contributed by atoms with Gasteiger partial charge in [0, 0.05) is 12.2 Å². The first-order chi connectivity index (χ1) is 8.16. The number of ether oxygens (including phenoxy) is 2. The molecule has 1 aliphatic rings. The summed E-state index contributed by atoms with van der Waals surface area (Å²) >= 11 is 11.0. The van der Waals surface area contributed by atoms with Crippen LogP contribution < -0.4 is 10.5 Å². The lowest BCUT2D eigenvalue weighted by Gasteiger charge is -2.23. The molecule has 0 spiro atoms. The molecule has 1 unspecified atom stereocenters. The van der Waals surface area contributed by atoms with Gasteiger partial charge in [-0.3, -0.25) is 0 Å². The van der Waals surface area contributed by atoms with Crippen LogP contribution in [0.15, 0.2) is 18.2 Å². The molecule has 0 aromatic heterocycles. The van der Waals surface area contributed by atoms with Crippen LogP contribution in [0.4, 0.5) is 0 Å². The summed E-state index contributed by atoms with van der Waals surface area (Å²) in [6.07, 6.45) is 2.10. The van der Waals surface area contributed by atoms with E-state index in [1.165, 1.54) is 0 Å². The molecule has 0 bridgehead atoms. The first kappa shape index (κ1) is 12.6. The maximum absolute atomic E-state index is 6.11. The Hall–Kier alpha value is -0.840. The lowest BCUT2D eigenvalue weighted by atomic mass is 10.1. The van der Waals surface area contributed by atoms with Gasteiger partial charge in [0.05, 0.1) is 11.6 Å². The van der Waals surface area contributed by atoms with Crippen molar-refractivity contribution in [2.75, 3.05) is 13.2 Å². The Labute approximate surface area is 111 Å². The van der Waals surface area contributed by atoms with Crippen LogP contribution in [-0.4, -0.2) is 24.3 Å². The Kier molecular flexibility index (Phi) is 4.20. The van der Waals surface area contributed by atoms with Crippen molar-refractivity contribution in [2.24, 2.45) is 5.73 Å². The van der Waals surface area contributed by atoms with Crippen molar-refractivity contribution >= 4 is 28.8 Å². The number of nitrogens with two attached hydrogens (primary N) is 1. The summed E-state index contributed by atoms with van der Waals surface area (Å²) in [7, 11) is 0. The van der Waals surface area contributed by atoms with E-state index >= 15 is 0 Å². The molecule has 1 heterocycles. The summed E-state index contributed by atoms with van der Waals surface area (Å²) in [5, 5.41) is 0.529. The van der Waals surface area contributed by atoms with Gasteiger partial charge in [-0.05, 0) is 31.0 Å². The highest BCUT2D eigenvalue weighted by molar-refractivity contribution is 7.80. The van der Waals surface area contributed by atoms with Crippen molar-refractivity contribution in [3.05, 3.63) is 28.8 Å². The second kappa shape index (κ2) is 5.67. The predicted molar refractivity (Wildman–Crippen MR) is 71.8 cm³/mol. The van der Waals surface area contributed by atoms with Crippen LogP contribution in [-0.2, 0) is 4.74 Å². The molecule has 5 heteroatoms. The Balaban J connectivity index is 2.08. The van der Waals surface area contributed by atoms with E-state index in [4.69, 9.17) is 39.0 Å². The van der Waals surface area contributed by atoms with E-state index in [2.05, 4.69) is 0 Å². The molecule has 1 aromatic carbocycles. The van der Waals surface area contributed by atoms with E-state index in [-0.39, 0.29) is 6.10 Å². The highest BCUT2D eigenvalue weighted by Gasteiger charge is 2.16. The molecule has 17 heavy (non-hydrogen) atoms. The third-order valence-electron chi connectivity index (χ3n) is 2.63. The van der Waals surface area contributed by atoms with Crippen LogP contribution >= 0.6 is 23.8 Å². The average molecular weight is 272 g/mol. The molecule has 1 aromatic rings. The minimum atomic E-state index is 0.0805. The van der Waals surface area contributed by atoms with Crippen molar-refractivity contribution in [2.45, 2.75) is 18.9 Å². The van der Waals surface area contributed by atoms with Gasteiger partial charge in [-0.15, -0.1) is 0 Å². The Morgan fingerprint density at radius 2 is 2.35 bits per heavy atom. The smallest absolute Gasteiger partial charge is 0.138 e. The topological polar surface area (TPSA) is 44.5 Å². The third-order valence-corrected chi connectivity index (χ3v) is 3.16. The molecule has 2 rings (SSSR count). The minimum absolute atomic E-state index is 0.0805. The van der Waals surface area contributed by atoms with Gasteiger partial charge in [0.15, 0.2) is 0 Å². The molecule has 0 amide bonds. The van der Waals surface area contributed by atoms with Gasteiger partial charge < -0.3 is 15.2 Å². The summed E-state index contributed by atoms with van der Waals surface area (Å²) in [6, 6.07) is 5.33. The standard InChI is InChI=1S/C12H14ClNO2S/c13-10-6-8(12(14)17)3-4-11(10)16-9-2-1-5-15-7-9/h3-4,6,9H,1-2,5,7H2,(H2,14,17). The SMILES string of the molecule is NC(=S)c1ccc(OC2CCCOC2)c(Cl)c1. The summed E-state index contributed by atoms with van der Waals surface area (Å²) in [5.41, 5.74) is 6.28. The fourth-order valence-corrected chi connectivity index (χ4v) is 2.09. The normalized spacial score (nSPS) is 19.9. The number of rotatable bonds is 3. The first-order valence-corrected chi connectivity index (χ1v) is 6.29. The molecule has 3 nitrogen and oxygen atoms in total. The Morgan fingerprint density at radius 1 is 1.53 bits per heavy atom. The van der Waals surface area contributed by atoms with Crippen molar-refractivity contribution in [3.8, 4) is 5.75 Å². The van der Waals surface area contributed by atoms with Gasteiger partial charge in [-0.25, -0.2) is 0 Å². The first-order valence-electron chi connectivity index (χ1n) is 5.50. The summed E-state index contributed by atoms with van der Waals surface area (Å²) < 4.78 is 11.1. The zero-order valence-electron chi connectivity index (χ0n) is 9.32. The highest BCUT2D eigenvalue weighted by Crippen LogP contribution is 2.27. The van der Waals surface area contributed by atoms with E-state index in [1.54, 1.807) is 12.1 Å². The van der Waals surface area contributed by atoms with Crippen LogP contribution in [0.5, 0.6) is 5.75 Å². The molecule has 2 N–H and O–H groups in total. The van der Waals surface area contributed by atoms with E-state index in [9.17, 15) is 0 Å². The maximum atomic E-state index is 6.11. The third kappa shape index (κ3) is 3.31. The highest BCUT2D eigenvalue weighted by atomic mass is 35.5. The van der Waals surface area contributed by atoms with Crippen LogP contribution in [0.2, 0.25) is 5.02 Å². The fraction of sp³-hybridized carbons (Fsp3) is 0.417. The van der Waals surface area contributed by atoms with Crippen molar-refractivity contribution in [1.82, 2.24) is 0 Å². The fourth-order valence-electron chi connectivity index (χ4n) is 1.73. The van der Waals surface area contributed by atoms with Crippen LogP contribution in [0.1, 0.15) is 18.4 Å². The monoisotopic (exact) mass is 271 g/mol. The number of thiocarbonyl (C=S) groups is 1. The van der Waals surface area contributed by atoms with Gasteiger partial charge in [0.2, 0.25) is 0 Å². The number of hydrogen-bond acceptors (Lipinski definition) is 3. The lowest BCUT2D eigenvalue weighted by Crippen LogP contribution is -2.28. The molecule has 92 valence electrons. The van der Waals surface area contributed by atoms with Crippen molar-refractivity contribution in [3.63, 3.8) is 0 Å². The number of benzene rings is 1. The van der Waals surface area contributed by atoms with Gasteiger partial charge in [0.1, 0.15) is 16.8 Å². The molecule has 1 fully saturated rings. The van der Waals surface area contributed by atoms with Gasteiger partial charge in [-0.2, -0.15) is 0 Å². The van der Waals surface area contributed by atoms with E-state index in [1.807, 2.05) is 6.07 Å². The van der Waals surface area contributed by atoms with E-state index in [0.29, 0.717) is 22.4 Å². The zero-order chi connectivity index (χ0) is 12.3. The molecule has 0 radical (unpaired) electrons. The number of hydrogen-bond donors (Lipinski definition) is 1. The van der Waals surface area contributed by atoms with E-state index < -0.39 is 0 Å². The second-order valence-electron chi connectivity index (χ2n) is 3.97. The van der Waals surface area contributed by atoms with Gasteiger partial charge >= 0.3 is 0 Å². The molecule has 0 saturated carbocycles. The molecule has 1 aliphatic heterocycles.